The maximum Gasteiger partial charge on any atom is 0.407 e. The first-order valence-electron chi connectivity index (χ1n) is 12.5. The number of ether oxygens (including phenoxy) is 1. The number of aryl methyl sites for hydroxylation is 1. The van der Waals surface area contributed by atoms with E-state index < -0.39 is 21.9 Å². The molecule has 200 valence electrons. The maximum absolute atomic E-state index is 12.8. The molecule has 0 saturated heterocycles. The Labute approximate surface area is 214 Å². The van der Waals surface area contributed by atoms with E-state index in [-0.39, 0.29) is 12.4 Å². The van der Waals surface area contributed by atoms with E-state index in [1.807, 2.05) is 10.8 Å². The molecule has 0 radical (unpaired) electrons. The zero-order valence-electron chi connectivity index (χ0n) is 22.1. The molecule has 1 aromatic rings. The summed E-state index contributed by atoms with van der Waals surface area (Å²) in [4.78, 5) is 11.9. The second-order valence-electron chi connectivity index (χ2n) is 9.92. The zero-order chi connectivity index (χ0) is 24.9. The number of hydrogen-bond donors (Lipinski definition) is 1. The minimum Gasteiger partial charge on any atom is -1.00 e. The normalized spacial score (nSPS) is 12.0. The Morgan fingerprint density at radius 1 is 1.03 bits per heavy atom. The van der Waals surface area contributed by atoms with Crippen LogP contribution in [0.5, 0.6) is 0 Å². The van der Waals surface area contributed by atoms with Crippen molar-refractivity contribution in [1.82, 2.24) is 13.6 Å². The summed E-state index contributed by atoms with van der Waals surface area (Å²) in [5, 5.41) is 2.70. The van der Waals surface area contributed by atoms with Crippen LogP contribution >= 0.6 is 0 Å². The van der Waals surface area contributed by atoms with Crippen LogP contribution in [-0.2, 0) is 27.9 Å². The molecule has 1 rings (SSSR count). The predicted octanol–water partition coefficient (Wildman–Crippen LogP) is 1.42. The SMILES string of the molecule is CCCCCCCCCCCC[n+]1cc(CCNC(=O)OC(C)(C)C)n(S(=O)(=O)N(C)C)c1.[Cl-]. The first-order valence-corrected chi connectivity index (χ1v) is 13.9. The summed E-state index contributed by atoms with van der Waals surface area (Å²) in [5.74, 6) is 0. The minimum absolute atomic E-state index is 0. The number of imidazole rings is 1. The fraction of sp³-hybridized carbons (Fsp3) is 0.833. The monoisotopic (exact) mass is 522 g/mol. The average Bonchev–Trinajstić information content (AvgIpc) is 3.11. The highest BCUT2D eigenvalue weighted by molar-refractivity contribution is 7.87. The summed E-state index contributed by atoms with van der Waals surface area (Å²) in [5.41, 5.74) is 0.0586. The zero-order valence-corrected chi connectivity index (χ0v) is 23.7. The van der Waals surface area contributed by atoms with Gasteiger partial charge < -0.3 is 22.5 Å². The standard InChI is InChI=1S/C24H46N4O4S.ClH/c1-7-8-9-10-11-12-13-14-15-16-19-27-20-22(28(21-27)33(30,31)26(5)6)17-18-25-23(29)32-24(2,3)4;/h20-21H,7-19H2,1-6H3;1H. The lowest BCUT2D eigenvalue weighted by atomic mass is 10.1. The summed E-state index contributed by atoms with van der Waals surface area (Å²) in [6.45, 7) is 8.72. The highest BCUT2D eigenvalue weighted by atomic mass is 35.5. The number of amides is 1. The molecule has 0 aliphatic heterocycles. The molecule has 34 heavy (non-hydrogen) atoms. The van der Waals surface area contributed by atoms with Gasteiger partial charge in [0.1, 0.15) is 11.8 Å². The summed E-state index contributed by atoms with van der Waals surface area (Å²) in [7, 11) is -0.596. The molecule has 0 saturated carbocycles. The molecular formula is C24H47ClN4O4S. The lowest BCUT2D eigenvalue weighted by Gasteiger charge is -2.19. The lowest BCUT2D eigenvalue weighted by molar-refractivity contribution is -0.696. The second kappa shape index (κ2) is 16.4. The Morgan fingerprint density at radius 2 is 1.56 bits per heavy atom. The van der Waals surface area contributed by atoms with Crippen LogP contribution < -0.4 is 22.3 Å². The van der Waals surface area contributed by atoms with Crippen LogP contribution in [0.1, 0.15) is 97.6 Å². The fourth-order valence-electron chi connectivity index (χ4n) is 3.56. The van der Waals surface area contributed by atoms with Crippen molar-refractivity contribution in [3.63, 3.8) is 0 Å². The maximum atomic E-state index is 12.8. The van der Waals surface area contributed by atoms with Crippen molar-refractivity contribution >= 4 is 16.3 Å². The molecule has 1 aromatic heterocycles. The van der Waals surface area contributed by atoms with E-state index in [4.69, 9.17) is 4.74 Å². The van der Waals surface area contributed by atoms with Gasteiger partial charge in [-0.05, 0) is 33.6 Å². The molecular weight excluding hydrogens is 476 g/mol. The van der Waals surface area contributed by atoms with Crippen molar-refractivity contribution in [2.24, 2.45) is 0 Å². The van der Waals surface area contributed by atoms with E-state index in [0.717, 1.165) is 19.4 Å². The highest BCUT2D eigenvalue weighted by Gasteiger charge is 2.28. The largest absolute Gasteiger partial charge is 1.00 e. The Balaban J connectivity index is 0.0000109. The first kappa shape index (κ1) is 32.7. The average molecular weight is 523 g/mol. The predicted molar refractivity (Wildman–Crippen MR) is 132 cm³/mol. The van der Waals surface area contributed by atoms with Gasteiger partial charge in [0.15, 0.2) is 5.69 Å². The number of halogens is 1. The fourth-order valence-corrected chi connectivity index (χ4v) is 4.59. The number of unbranched alkanes of at least 4 members (excludes halogenated alkanes) is 9. The van der Waals surface area contributed by atoms with Crippen LogP contribution in [0.25, 0.3) is 0 Å². The minimum atomic E-state index is -3.63. The molecule has 0 aromatic carbocycles. The van der Waals surface area contributed by atoms with Crippen molar-refractivity contribution in [2.45, 2.75) is 110 Å². The van der Waals surface area contributed by atoms with Gasteiger partial charge in [-0.3, -0.25) is 0 Å². The van der Waals surface area contributed by atoms with Gasteiger partial charge in [-0.1, -0.05) is 58.3 Å². The number of rotatable bonds is 16. The van der Waals surface area contributed by atoms with Crippen LogP contribution in [0.2, 0.25) is 0 Å². The molecule has 0 unspecified atom stereocenters. The quantitative estimate of drug-likeness (QED) is 0.263. The van der Waals surface area contributed by atoms with Gasteiger partial charge in [-0.25, -0.2) is 9.36 Å². The summed E-state index contributed by atoms with van der Waals surface area (Å²) in [6, 6.07) is 0. The Bertz CT molecular complexity index is 804. The molecule has 10 heteroatoms. The topological polar surface area (TPSA) is 84.5 Å². The van der Waals surface area contributed by atoms with Gasteiger partial charge >= 0.3 is 16.3 Å². The second-order valence-corrected chi connectivity index (χ2v) is 11.9. The Morgan fingerprint density at radius 3 is 2.06 bits per heavy atom. The summed E-state index contributed by atoms with van der Waals surface area (Å²) in [6.07, 6.45) is 16.0. The van der Waals surface area contributed by atoms with Crippen molar-refractivity contribution in [1.29, 1.82) is 0 Å². The Hall–Kier alpha value is -1.32. The number of alkyl carbamates (subject to hydrolysis) is 1. The van der Waals surface area contributed by atoms with Gasteiger partial charge in [0, 0.05) is 27.1 Å². The third kappa shape index (κ3) is 13.0. The Kier molecular flexibility index (Phi) is 15.7. The van der Waals surface area contributed by atoms with E-state index in [1.165, 1.54) is 73.7 Å². The molecule has 1 amide bonds. The number of carbonyl (C=O) groups excluding carboxylic acids is 1. The van der Waals surface area contributed by atoms with Crippen molar-refractivity contribution < 1.29 is 34.9 Å². The third-order valence-corrected chi connectivity index (χ3v) is 7.13. The molecule has 0 aliphatic carbocycles. The number of nitrogens with zero attached hydrogens (tertiary/aromatic N) is 3. The molecule has 0 aliphatic rings. The van der Waals surface area contributed by atoms with Gasteiger partial charge in [0.2, 0.25) is 0 Å². The van der Waals surface area contributed by atoms with E-state index >= 15 is 0 Å². The number of hydrogen-bond acceptors (Lipinski definition) is 4. The van der Waals surface area contributed by atoms with E-state index in [9.17, 15) is 13.2 Å². The van der Waals surface area contributed by atoms with Crippen LogP contribution in [0.4, 0.5) is 4.79 Å². The number of aromatic nitrogens is 2. The van der Waals surface area contributed by atoms with Crippen molar-refractivity contribution in [2.75, 3.05) is 20.6 Å². The molecule has 1 N–H and O–H groups in total. The molecule has 1 heterocycles. The molecule has 0 spiro atoms. The van der Waals surface area contributed by atoms with Crippen molar-refractivity contribution in [3.05, 3.63) is 18.2 Å². The van der Waals surface area contributed by atoms with E-state index in [2.05, 4.69) is 12.2 Å². The number of nitrogens with one attached hydrogen (secondary N) is 1. The first-order chi connectivity index (χ1) is 15.5. The van der Waals surface area contributed by atoms with Gasteiger partial charge in [-0.15, -0.1) is 3.97 Å². The number of carbonyl (C=O) groups is 1. The summed E-state index contributed by atoms with van der Waals surface area (Å²) >= 11 is 0. The third-order valence-electron chi connectivity index (χ3n) is 5.38. The molecule has 0 fully saturated rings. The summed E-state index contributed by atoms with van der Waals surface area (Å²) < 4.78 is 35.2. The van der Waals surface area contributed by atoms with Crippen LogP contribution in [-0.4, -0.2) is 49.0 Å². The van der Waals surface area contributed by atoms with Gasteiger partial charge in [0.25, 0.3) is 6.33 Å². The molecule has 0 atom stereocenters. The smallest absolute Gasteiger partial charge is 0.407 e. The van der Waals surface area contributed by atoms with E-state index in [1.54, 1.807) is 27.1 Å². The van der Waals surface area contributed by atoms with E-state index in [0.29, 0.717) is 18.7 Å². The van der Waals surface area contributed by atoms with Crippen LogP contribution in [0.3, 0.4) is 0 Å². The van der Waals surface area contributed by atoms with Crippen molar-refractivity contribution in [3.8, 4) is 0 Å². The molecule has 0 bridgehead atoms. The van der Waals surface area contributed by atoms with Gasteiger partial charge in [-0.2, -0.15) is 12.7 Å². The highest BCUT2D eigenvalue weighted by Crippen LogP contribution is 2.11. The molecule has 8 nitrogen and oxygen atoms in total. The lowest BCUT2D eigenvalue weighted by Crippen LogP contribution is -3.00. The van der Waals surface area contributed by atoms with Crippen LogP contribution in [0.15, 0.2) is 12.5 Å². The van der Waals surface area contributed by atoms with Gasteiger partial charge in [0.05, 0.1) is 6.54 Å². The van der Waals surface area contributed by atoms with Crippen LogP contribution in [0, 0.1) is 0 Å².